The molecule has 0 aromatic heterocycles. The molecule has 0 aliphatic carbocycles. The fraction of sp³-hybridized carbons (Fsp3) is 0.364. The third-order valence-corrected chi connectivity index (χ3v) is 2.81. The maximum Gasteiger partial charge on any atom is 0.303 e. The Bertz CT molecular complexity index is 426. The zero-order valence-electron chi connectivity index (χ0n) is 9.14. The molecule has 1 aromatic carbocycles. The van der Waals surface area contributed by atoms with Crippen molar-refractivity contribution >= 4 is 27.6 Å². The number of rotatable bonds is 5. The van der Waals surface area contributed by atoms with E-state index in [1.165, 1.54) is 6.07 Å². The van der Waals surface area contributed by atoms with Crippen molar-refractivity contribution in [2.75, 3.05) is 5.32 Å². The second-order valence-corrected chi connectivity index (χ2v) is 4.58. The van der Waals surface area contributed by atoms with Gasteiger partial charge in [0.2, 0.25) is 0 Å². The van der Waals surface area contributed by atoms with E-state index in [4.69, 9.17) is 5.11 Å². The van der Waals surface area contributed by atoms with Crippen LogP contribution in [-0.2, 0) is 4.79 Å². The lowest BCUT2D eigenvalue weighted by atomic mass is 10.1. The van der Waals surface area contributed by atoms with Crippen molar-refractivity contribution in [1.82, 2.24) is 0 Å². The molecule has 0 spiro atoms. The van der Waals surface area contributed by atoms with Gasteiger partial charge in [0.15, 0.2) is 0 Å². The predicted molar refractivity (Wildman–Crippen MR) is 64.0 cm³/mol. The van der Waals surface area contributed by atoms with Crippen LogP contribution in [0.25, 0.3) is 0 Å². The maximum atomic E-state index is 13.3. The highest BCUT2D eigenvalue weighted by atomic mass is 79.9. The highest BCUT2D eigenvalue weighted by Gasteiger charge is 2.11. The molecule has 94 valence electrons. The van der Waals surface area contributed by atoms with E-state index in [0.29, 0.717) is 6.42 Å². The number of halogens is 3. The fourth-order valence-corrected chi connectivity index (χ4v) is 1.65. The zero-order valence-corrected chi connectivity index (χ0v) is 10.7. The average molecular weight is 308 g/mol. The Hall–Kier alpha value is -1.17. The molecule has 0 bridgehead atoms. The summed E-state index contributed by atoms with van der Waals surface area (Å²) in [5, 5.41) is 11.3. The van der Waals surface area contributed by atoms with Crippen molar-refractivity contribution in [3.05, 3.63) is 28.2 Å². The zero-order chi connectivity index (χ0) is 13.0. The van der Waals surface area contributed by atoms with Crippen molar-refractivity contribution in [3.8, 4) is 0 Å². The lowest BCUT2D eigenvalue weighted by Crippen LogP contribution is -2.17. The van der Waals surface area contributed by atoms with Gasteiger partial charge in [-0.15, -0.1) is 0 Å². The molecular formula is C11H12BrF2NO2. The van der Waals surface area contributed by atoms with Crippen LogP contribution in [0.4, 0.5) is 14.5 Å². The minimum absolute atomic E-state index is 0.00184. The Balaban J connectivity index is 2.68. The van der Waals surface area contributed by atoms with E-state index in [9.17, 15) is 13.6 Å². The lowest BCUT2D eigenvalue weighted by molar-refractivity contribution is -0.137. The highest BCUT2D eigenvalue weighted by Crippen LogP contribution is 2.24. The molecule has 0 fully saturated rings. The summed E-state index contributed by atoms with van der Waals surface area (Å²) in [4.78, 5) is 10.4. The van der Waals surface area contributed by atoms with Crippen molar-refractivity contribution in [1.29, 1.82) is 0 Å². The molecule has 0 aliphatic rings. The first-order valence-corrected chi connectivity index (χ1v) is 5.82. The molecular weight excluding hydrogens is 296 g/mol. The summed E-state index contributed by atoms with van der Waals surface area (Å²) in [5.74, 6) is -2.28. The minimum atomic E-state index is -0.903. The molecule has 0 saturated heterocycles. The minimum Gasteiger partial charge on any atom is -0.481 e. The molecule has 17 heavy (non-hydrogen) atoms. The number of benzene rings is 1. The Morgan fingerprint density at radius 2 is 2.12 bits per heavy atom. The molecule has 0 saturated carbocycles. The van der Waals surface area contributed by atoms with Gasteiger partial charge in [-0.05, 0) is 35.3 Å². The molecule has 2 N–H and O–H groups in total. The van der Waals surface area contributed by atoms with Crippen LogP contribution in [0.15, 0.2) is 16.6 Å². The van der Waals surface area contributed by atoms with Crippen LogP contribution in [0.5, 0.6) is 0 Å². The molecule has 0 heterocycles. The first-order valence-electron chi connectivity index (χ1n) is 5.03. The molecule has 1 rings (SSSR count). The van der Waals surface area contributed by atoms with Gasteiger partial charge in [0.05, 0.1) is 10.2 Å². The standard InChI is InChI=1S/C11H12BrF2NO2/c1-6(2-3-11(16)17)15-10-4-7(12)8(13)5-9(10)14/h4-6,15H,2-3H2,1H3,(H,16,17). The molecule has 3 nitrogen and oxygen atoms in total. The molecule has 1 unspecified atom stereocenters. The highest BCUT2D eigenvalue weighted by molar-refractivity contribution is 9.10. The number of aliphatic carboxylic acids is 1. The Morgan fingerprint density at radius 3 is 2.71 bits per heavy atom. The third kappa shape index (κ3) is 4.30. The van der Waals surface area contributed by atoms with Crippen LogP contribution in [0, 0.1) is 11.6 Å². The topological polar surface area (TPSA) is 49.3 Å². The van der Waals surface area contributed by atoms with Gasteiger partial charge in [-0.3, -0.25) is 4.79 Å². The van der Waals surface area contributed by atoms with E-state index < -0.39 is 17.6 Å². The number of hydrogen-bond acceptors (Lipinski definition) is 2. The fourth-order valence-electron chi connectivity index (χ4n) is 1.31. The van der Waals surface area contributed by atoms with Gasteiger partial charge < -0.3 is 10.4 Å². The largest absolute Gasteiger partial charge is 0.481 e. The van der Waals surface area contributed by atoms with Crippen molar-refractivity contribution < 1.29 is 18.7 Å². The van der Waals surface area contributed by atoms with Gasteiger partial charge in [0.1, 0.15) is 11.6 Å². The Morgan fingerprint density at radius 1 is 1.47 bits per heavy atom. The smallest absolute Gasteiger partial charge is 0.303 e. The molecule has 6 heteroatoms. The van der Waals surface area contributed by atoms with Crippen LogP contribution < -0.4 is 5.32 Å². The van der Waals surface area contributed by atoms with E-state index >= 15 is 0 Å². The van der Waals surface area contributed by atoms with Crippen LogP contribution in [0.1, 0.15) is 19.8 Å². The first kappa shape index (κ1) is 13.9. The number of carbonyl (C=O) groups is 1. The van der Waals surface area contributed by atoms with E-state index in [2.05, 4.69) is 21.2 Å². The van der Waals surface area contributed by atoms with Crippen LogP contribution in [0.3, 0.4) is 0 Å². The first-order chi connectivity index (χ1) is 7.90. The summed E-state index contributed by atoms with van der Waals surface area (Å²) in [7, 11) is 0. The van der Waals surface area contributed by atoms with E-state index in [1.807, 2.05) is 0 Å². The second kappa shape index (κ2) is 5.95. The molecule has 0 radical (unpaired) electrons. The quantitative estimate of drug-likeness (QED) is 0.820. The van der Waals surface area contributed by atoms with Crippen LogP contribution in [0.2, 0.25) is 0 Å². The summed E-state index contributed by atoms with van der Waals surface area (Å²) in [6.45, 7) is 1.74. The molecule has 0 aliphatic heterocycles. The monoisotopic (exact) mass is 307 g/mol. The van der Waals surface area contributed by atoms with Gasteiger partial charge in [-0.1, -0.05) is 0 Å². The summed E-state index contributed by atoms with van der Waals surface area (Å²) in [6, 6.07) is 1.86. The van der Waals surface area contributed by atoms with Crippen molar-refractivity contribution in [3.63, 3.8) is 0 Å². The number of anilines is 1. The maximum absolute atomic E-state index is 13.3. The molecule has 0 amide bonds. The lowest BCUT2D eigenvalue weighted by Gasteiger charge is -2.15. The van der Waals surface area contributed by atoms with Gasteiger partial charge in [-0.25, -0.2) is 8.78 Å². The normalized spacial score (nSPS) is 12.2. The molecule has 1 aromatic rings. The SMILES string of the molecule is CC(CCC(=O)O)Nc1cc(Br)c(F)cc1F. The number of nitrogens with one attached hydrogen (secondary N) is 1. The van der Waals surface area contributed by atoms with Crippen molar-refractivity contribution in [2.45, 2.75) is 25.8 Å². The summed E-state index contributed by atoms with van der Waals surface area (Å²) in [6.07, 6.45) is 0.363. The number of carboxylic acid groups (broad SMARTS) is 1. The van der Waals surface area contributed by atoms with Gasteiger partial charge in [0, 0.05) is 18.5 Å². The summed E-state index contributed by atoms with van der Waals surface area (Å²) < 4.78 is 26.5. The van der Waals surface area contributed by atoms with E-state index in [1.54, 1.807) is 6.92 Å². The van der Waals surface area contributed by atoms with Crippen LogP contribution >= 0.6 is 15.9 Å². The Labute approximate surface area is 106 Å². The van der Waals surface area contributed by atoms with Gasteiger partial charge in [-0.2, -0.15) is 0 Å². The number of hydrogen-bond donors (Lipinski definition) is 2. The summed E-state index contributed by atoms with van der Waals surface area (Å²) in [5.41, 5.74) is 0.149. The molecule has 1 atom stereocenters. The summed E-state index contributed by atoms with van der Waals surface area (Å²) >= 11 is 2.96. The van der Waals surface area contributed by atoms with Gasteiger partial charge >= 0.3 is 5.97 Å². The third-order valence-electron chi connectivity index (χ3n) is 2.20. The van der Waals surface area contributed by atoms with Crippen LogP contribution in [-0.4, -0.2) is 17.1 Å². The predicted octanol–water partition coefficient (Wildman–Crippen LogP) is 3.39. The Kier molecular flexibility index (Phi) is 4.86. The van der Waals surface area contributed by atoms with Gasteiger partial charge in [0.25, 0.3) is 0 Å². The van der Waals surface area contributed by atoms with E-state index in [-0.39, 0.29) is 22.6 Å². The van der Waals surface area contributed by atoms with Crippen molar-refractivity contribution in [2.24, 2.45) is 0 Å². The second-order valence-electron chi connectivity index (χ2n) is 3.72. The van der Waals surface area contributed by atoms with E-state index in [0.717, 1.165) is 6.07 Å². The number of carboxylic acids is 1. The average Bonchev–Trinajstić information content (AvgIpc) is 2.23.